The highest BCUT2D eigenvalue weighted by Gasteiger charge is 2.35. The second-order valence-electron chi connectivity index (χ2n) is 1.64. The summed E-state index contributed by atoms with van der Waals surface area (Å²) in [6, 6.07) is 0. The second-order valence-corrected chi connectivity index (χ2v) is 3.20. The zero-order chi connectivity index (χ0) is 8.20. The average molecular weight is 175 g/mol. The van der Waals surface area contributed by atoms with Crippen LogP contribution in [0.5, 0.6) is 0 Å². The van der Waals surface area contributed by atoms with Gasteiger partial charge >= 0.3 is 5.51 Å². The van der Waals surface area contributed by atoms with Crippen LogP contribution in [0.2, 0.25) is 0 Å². The SMILES string of the molecule is NCCCS(=O)C(F)(F)F. The molecular weight excluding hydrogens is 167 g/mol. The fourth-order valence-electron chi connectivity index (χ4n) is 0.330. The molecule has 0 aromatic carbocycles. The predicted molar refractivity (Wildman–Crippen MR) is 32.7 cm³/mol. The lowest BCUT2D eigenvalue weighted by atomic mass is 10.5. The van der Waals surface area contributed by atoms with Gasteiger partial charge in [-0.25, -0.2) is 0 Å². The summed E-state index contributed by atoms with van der Waals surface area (Å²) >= 11 is 0. The van der Waals surface area contributed by atoms with Crippen LogP contribution in [0.4, 0.5) is 13.2 Å². The van der Waals surface area contributed by atoms with Gasteiger partial charge < -0.3 is 5.73 Å². The molecule has 0 amide bonds. The molecule has 0 saturated heterocycles. The first-order valence-corrected chi connectivity index (χ1v) is 3.95. The van der Waals surface area contributed by atoms with Gasteiger partial charge in [-0.15, -0.1) is 0 Å². The van der Waals surface area contributed by atoms with Gasteiger partial charge in [0.1, 0.15) is 10.8 Å². The fourth-order valence-corrected chi connectivity index (χ4v) is 0.990. The van der Waals surface area contributed by atoms with Crippen LogP contribution in [-0.2, 0) is 10.8 Å². The Balaban J connectivity index is 3.64. The summed E-state index contributed by atoms with van der Waals surface area (Å²) in [5, 5.41) is 0. The van der Waals surface area contributed by atoms with Crippen LogP contribution in [0.3, 0.4) is 0 Å². The highest BCUT2D eigenvalue weighted by Crippen LogP contribution is 2.19. The summed E-state index contributed by atoms with van der Waals surface area (Å²) in [4.78, 5) is 0. The summed E-state index contributed by atoms with van der Waals surface area (Å²) in [7, 11) is -2.72. The van der Waals surface area contributed by atoms with Crippen molar-refractivity contribution >= 4 is 10.8 Å². The Hall–Kier alpha value is -0.100. The van der Waals surface area contributed by atoms with E-state index in [1.807, 2.05) is 0 Å². The predicted octanol–water partition coefficient (Wildman–Crippen LogP) is 0.604. The van der Waals surface area contributed by atoms with Crippen LogP contribution in [0.15, 0.2) is 0 Å². The molecule has 0 aromatic heterocycles. The monoisotopic (exact) mass is 175 g/mol. The number of hydrogen-bond acceptors (Lipinski definition) is 2. The molecular formula is C4H8F3NOS. The van der Waals surface area contributed by atoms with E-state index in [1.165, 1.54) is 0 Å². The van der Waals surface area contributed by atoms with E-state index in [0.29, 0.717) is 0 Å². The molecule has 0 aliphatic rings. The van der Waals surface area contributed by atoms with E-state index in [2.05, 4.69) is 0 Å². The van der Waals surface area contributed by atoms with E-state index in [9.17, 15) is 17.4 Å². The van der Waals surface area contributed by atoms with Crippen LogP contribution in [0.25, 0.3) is 0 Å². The number of rotatable bonds is 3. The lowest BCUT2D eigenvalue weighted by molar-refractivity contribution is -0.0384. The Bertz CT molecular complexity index is 124. The molecule has 0 aromatic rings. The summed E-state index contributed by atoms with van der Waals surface area (Å²) < 4.78 is 44.4. The van der Waals surface area contributed by atoms with Gasteiger partial charge in [-0.3, -0.25) is 4.21 Å². The first-order chi connectivity index (χ1) is 4.48. The maximum Gasteiger partial charge on any atom is 0.471 e. The van der Waals surface area contributed by atoms with Gasteiger partial charge in [0.15, 0.2) is 0 Å². The standard InChI is InChI=1S/C4H8F3NOS/c5-4(6,7)10(9)3-1-2-8/h1-3,8H2. The number of halogens is 3. The van der Waals surface area contributed by atoms with Crippen molar-refractivity contribution in [2.75, 3.05) is 12.3 Å². The number of alkyl halides is 3. The topological polar surface area (TPSA) is 43.1 Å². The summed E-state index contributed by atoms with van der Waals surface area (Å²) in [6.07, 6.45) is 0.145. The van der Waals surface area contributed by atoms with Gasteiger partial charge in [0.05, 0.1) is 0 Å². The third kappa shape index (κ3) is 3.84. The lowest BCUT2D eigenvalue weighted by Crippen LogP contribution is -2.20. The van der Waals surface area contributed by atoms with Crippen molar-refractivity contribution in [2.45, 2.75) is 11.9 Å². The van der Waals surface area contributed by atoms with Gasteiger partial charge in [-0.1, -0.05) is 0 Å². The minimum absolute atomic E-state index is 0.141. The average Bonchev–Trinajstić information content (AvgIpc) is 1.80. The first kappa shape index (κ1) is 9.90. The van der Waals surface area contributed by atoms with Crippen molar-refractivity contribution < 1.29 is 17.4 Å². The van der Waals surface area contributed by atoms with Crippen molar-refractivity contribution in [3.63, 3.8) is 0 Å². The van der Waals surface area contributed by atoms with Crippen LogP contribution in [-0.4, -0.2) is 22.0 Å². The van der Waals surface area contributed by atoms with Crippen LogP contribution in [0, 0.1) is 0 Å². The lowest BCUT2D eigenvalue weighted by Gasteiger charge is -2.03. The molecule has 2 N–H and O–H groups in total. The van der Waals surface area contributed by atoms with E-state index in [-0.39, 0.29) is 18.7 Å². The summed E-state index contributed by atoms with van der Waals surface area (Å²) in [6.45, 7) is 0.141. The molecule has 0 aliphatic heterocycles. The number of hydrogen-bond donors (Lipinski definition) is 1. The molecule has 0 bridgehead atoms. The van der Waals surface area contributed by atoms with Crippen molar-refractivity contribution in [3.8, 4) is 0 Å². The quantitative estimate of drug-likeness (QED) is 0.682. The zero-order valence-corrected chi connectivity index (χ0v) is 5.97. The Kier molecular flexibility index (Phi) is 3.88. The Labute approximate surface area is 59.0 Å². The third-order valence-corrected chi connectivity index (χ3v) is 1.97. The fraction of sp³-hybridized carbons (Fsp3) is 1.00. The van der Waals surface area contributed by atoms with Crippen LogP contribution < -0.4 is 5.73 Å². The Morgan fingerprint density at radius 3 is 2.20 bits per heavy atom. The molecule has 1 atom stereocenters. The van der Waals surface area contributed by atoms with Gasteiger partial charge in [0.25, 0.3) is 0 Å². The molecule has 10 heavy (non-hydrogen) atoms. The Morgan fingerprint density at radius 1 is 1.40 bits per heavy atom. The maximum atomic E-state index is 11.4. The normalized spacial score (nSPS) is 15.2. The van der Waals surface area contributed by atoms with Crippen molar-refractivity contribution in [1.82, 2.24) is 0 Å². The van der Waals surface area contributed by atoms with Gasteiger partial charge in [-0.2, -0.15) is 13.2 Å². The van der Waals surface area contributed by atoms with Gasteiger partial charge in [-0.05, 0) is 13.0 Å². The third-order valence-electron chi connectivity index (χ3n) is 0.792. The molecule has 0 spiro atoms. The van der Waals surface area contributed by atoms with Crippen LogP contribution in [0.1, 0.15) is 6.42 Å². The van der Waals surface area contributed by atoms with E-state index in [0.717, 1.165) is 0 Å². The van der Waals surface area contributed by atoms with Crippen molar-refractivity contribution in [2.24, 2.45) is 5.73 Å². The van der Waals surface area contributed by atoms with E-state index in [1.54, 1.807) is 0 Å². The summed E-state index contributed by atoms with van der Waals surface area (Å²) in [5.74, 6) is -0.389. The largest absolute Gasteiger partial charge is 0.471 e. The molecule has 0 rings (SSSR count). The zero-order valence-electron chi connectivity index (χ0n) is 5.15. The molecule has 0 aliphatic carbocycles. The molecule has 1 unspecified atom stereocenters. The minimum atomic E-state index is -4.57. The molecule has 6 heteroatoms. The molecule has 0 radical (unpaired) electrons. The van der Waals surface area contributed by atoms with Crippen LogP contribution >= 0.6 is 0 Å². The van der Waals surface area contributed by atoms with Gasteiger partial charge in [0.2, 0.25) is 0 Å². The first-order valence-electron chi connectivity index (χ1n) is 2.63. The Morgan fingerprint density at radius 2 is 1.90 bits per heavy atom. The molecule has 0 heterocycles. The molecule has 62 valence electrons. The highest BCUT2D eigenvalue weighted by molar-refractivity contribution is 7.85. The van der Waals surface area contributed by atoms with Crippen molar-refractivity contribution in [3.05, 3.63) is 0 Å². The number of nitrogens with two attached hydrogens (primary N) is 1. The van der Waals surface area contributed by atoms with E-state index >= 15 is 0 Å². The second kappa shape index (κ2) is 3.92. The molecule has 2 nitrogen and oxygen atoms in total. The minimum Gasteiger partial charge on any atom is -0.330 e. The maximum absolute atomic E-state index is 11.4. The highest BCUT2D eigenvalue weighted by atomic mass is 32.2. The van der Waals surface area contributed by atoms with Gasteiger partial charge in [0, 0.05) is 5.75 Å². The van der Waals surface area contributed by atoms with E-state index in [4.69, 9.17) is 5.73 Å². The smallest absolute Gasteiger partial charge is 0.330 e. The summed E-state index contributed by atoms with van der Waals surface area (Å²) in [5.41, 5.74) is 0.344. The molecule has 0 saturated carbocycles. The van der Waals surface area contributed by atoms with Crippen molar-refractivity contribution in [1.29, 1.82) is 0 Å². The molecule has 0 fully saturated rings. The van der Waals surface area contributed by atoms with E-state index < -0.39 is 16.3 Å².